The molecule has 5 nitrogen and oxygen atoms in total. The van der Waals surface area contributed by atoms with Gasteiger partial charge in [0, 0.05) is 53.7 Å². The minimum absolute atomic E-state index is 0.00304. The van der Waals surface area contributed by atoms with Crippen LogP contribution in [0.2, 0.25) is 10.0 Å². The highest BCUT2D eigenvalue weighted by molar-refractivity contribution is 7.13. The van der Waals surface area contributed by atoms with Crippen LogP contribution in [0.3, 0.4) is 0 Å². The molecule has 1 saturated heterocycles. The van der Waals surface area contributed by atoms with Crippen LogP contribution in [0.15, 0.2) is 53.9 Å². The second-order valence-electron chi connectivity index (χ2n) is 7.05. The van der Waals surface area contributed by atoms with Gasteiger partial charge in [-0.1, -0.05) is 35.3 Å². The molecule has 0 radical (unpaired) electrons. The van der Waals surface area contributed by atoms with Gasteiger partial charge in [-0.25, -0.2) is 4.98 Å². The Bertz CT molecular complexity index is 984. The Morgan fingerprint density at radius 1 is 0.967 bits per heavy atom. The van der Waals surface area contributed by atoms with Crippen molar-refractivity contribution in [1.82, 2.24) is 14.8 Å². The van der Waals surface area contributed by atoms with Crippen LogP contribution >= 0.6 is 34.5 Å². The van der Waals surface area contributed by atoms with E-state index >= 15 is 0 Å². The SMILES string of the molecule is O=C(COc1ccc(Cl)cc1)N1CCN(Cc2csc(-c3ccc(Cl)cc3)n2)CC1. The van der Waals surface area contributed by atoms with E-state index < -0.39 is 0 Å². The maximum atomic E-state index is 12.4. The number of nitrogens with zero attached hydrogens (tertiary/aromatic N) is 3. The lowest BCUT2D eigenvalue weighted by atomic mass is 10.2. The van der Waals surface area contributed by atoms with Gasteiger partial charge >= 0.3 is 0 Å². The van der Waals surface area contributed by atoms with E-state index in [9.17, 15) is 4.79 Å². The normalized spacial score (nSPS) is 14.7. The third-order valence-electron chi connectivity index (χ3n) is 4.93. The molecule has 2 aromatic carbocycles. The van der Waals surface area contributed by atoms with Gasteiger partial charge in [0.05, 0.1) is 5.69 Å². The zero-order valence-corrected chi connectivity index (χ0v) is 18.6. The smallest absolute Gasteiger partial charge is 0.260 e. The van der Waals surface area contributed by atoms with E-state index in [1.807, 2.05) is 29.2 Å². The summed E-state index contributed by atoms with van der Waals surface area (Å²) in [6.07, 6.45) is 0. The highest BCUT2D eigenvalue weighted by Crippen LogP contribution is 2.25. The summed E-state index contributed by atoms with van der Waals surface area (Å²) in [7, 11) is 0. The van der Waals surface area contributed by atoms with Crippen LogP contribution in [-0.4, -0.2) is 53.5 Å². The van der Waals surface area contributed by atoms with Crippen molar-refractivity contribution in [3.63, 3.8) is 0 Å². The molecular weight excluding hydrogens is 441 g/mol. The molecule has 1 amide bonds. The van der Waals surface area contributed by atoms with Crippen molar-refractivity contribution in [2.45, 2.75) is 6.54 Å². The molecule has 8 heteroatoms. The predicted molar refractivity (Wildman–Crippen MR) is 121 cm³/mol. The Hall–Kier alpha value is -2.12. The standard InChI is InChI=1S/C22H21Cl2N3O2S/c23-17-3-1-16(2-4-17)22-25-19(15-30-22)13-26-9-11-27(12-10-26)21(28)14-29-20-7-5-18(24)6-8-20/h1-8,15H,9-14H2. The van der Waals surface area contributed by atoms with Crippen molar-refractivity contribution < 1.29 is 9.53 Å². The second kappa shape index (κ2) is 9.79. The lowest BCUT2D eigenvalue weighted by Crippen LogP contribution is -2.49. The van der Waals surface area contributed by atoms with Gasteiger partial charge < -0.3 is 9.64 Å². The minimum Gasteiger partial charge on any atom is -0.484 e. The molecule has 0 spiro atoms. The van der Waals surface area contributed by atoms with Gasteiger partial charge in [0.25, 0.3) is 5.91 Å². The van der Waals surface area contributed by atoms with Crippen LogP contribution in [0.1, 0.15) is 5.69 Å². The molecule has 30 heavy (non-hydrogen) atoms. The third kappa shape index (κ3) is 5.52. The third-order valence-corrected chi connectivity index (χ3v) is 6.37. The van der Waals surface area contributed by atoms with Crippen molar-refractivity contribution in [2.24, 2.45) is 0 Å². The van der Waals surface area contributed by atoms with Gasteiger partial charge in [-0.3, -0.25) is 9.69 Å². The van der Waals surface area contributed by atoms with Crippen molar-refractivity contribution in [1.29, 1.82) is 0 Å². The molecular formula is C22H21Cl2N3O2S. The minimum atomic E-state index is 0.00304. The molecule has 1 aromatic heterocycles. The molecule has 1 aliphatic heterocycles. The quantitative estimate of drug-likeness (QED) is 0.526. The molecule has 0 aliphatic carbocycles. The van der Waals surface area contributed by atoms with Crippen molar-refractivity contribution in [2.75, 3.05) is 32.8 Å². The van der Waals surface area contributed by atoms with Gasteiger partial charge in [-0.2, -0.15) is 0 Å². The summed E-state index contributed by atoms with van der Waals surface area (Å²) in [5.74, 6) is 0.648. The second-order valence-corrected chi connectivity index (χ2v) is 8.78. The first-order valence-corrected chi connectivity index (χ1v) is 11.3. The molecule has 0 saturated carbocycles. The van der Waals surface area contributed by atoms with Crippen LogP contribution in [-0.2, 0) is 11.3 Å². The molecule has 1 aliphatic rings. The topological polar surface area (TPSA) is 45.7 Å². The number of amides is 1. The van der Waals surface area contributed by atoms with E-state index in [4.69, 9.17) is 32.9 Å². The monoisotopic (exact) mass is 461 g/mol. The number of aromatic nitrogens is 1. The summed E-state index contributed by atoms with van der Waals surface area (Å²) in [4.78, 5) is 21.4. The van der Waals surface area contributed by atoms with Gasteiger partial charge in [-0.15, -0.1) is 11.3 Å². The van der Waals surface area contributed by atoms with Gasteiger partial charge in [-0.05, 0) is 36.4 Å². The van der Waals surface area contributed by atoms with Gasteiger partial charge in [0.2, 0.25) is 0 Å². The molecule has 4 rings (SSSR count). The van der Waals surface area contributed by atoms with Gasteiger partial charge in [0.15, 0.2) is 6.61 Å². The van der Waals surface area contributed by atoms with Crippen molar-refractivity contribution in [3.8, 4) is 16.3 Å². The number of benzene rings is 2. The average molecular weight is 462 g/mol. The maximum absolute atomic E-state index is 12.4. The number of rotatable bonds is 6. The summed E-state index contributed by atoms with van der Waals surface area (Å²) < 4.78 is 5.57. The summed E-state index contributed by atoms with van der Waals surface area (Å²) in [5, 5.41) is 4.46. The fourth-order valence-corrected chi connectivity index (χ4v) is 4.33. The number of carbonyl (C=O) groups is 1. The van der Waals surface area contributed by atoms with Crippen molar-refractivity contribution >= 4 is 40.4 Å². The van der Waals surface area contributed by atoms with Crippen LogP contribution in [0, 0.1) is 0 Å². The molecule has 156 valence electrons. The Kier molecular flexibility index (Phi) is 6.89. The number of piperazine rings is 1. The largest absolute Gasteiger partial charge is 0.484 e. The van der Waals surface area contributed by atoms with Crippen molar-refractivity contribution in [3.05, 3.63) is 69.7 Å². The van der Waals surface area contributed by atoms with Gasteiger partial charge in [0.1, 0.15) is 10.8 Å². The molecule has 0 unspecified atom stereocenters. The first kappa shape index (κ1) is 21.1. The van der Waals surface area contributed by atoms with E-state index in [0.717, 1.165) is 40.9 Å². The highest BCUT2D eigenvalue weighted by atomic mass is 35.5. The molecule has 3 aromatic rings. The van der Waals surface area contributed by atoms with E-state index in [-0.39, 0.29) is 12.5 Å². The predicted octanol–water partition coefficient (Wildman–Crippen LogP) is 4.84. The molecule has 2 heterocycles. The van der Waals surface area contributed by atoms with Crippen LogP contribution in [0.25, 0.3) is 10.6 Å². The fourth-order valence-electron chi connectivity index (χ4n) is 3.26. The average Bonchev–Trinajstić information content (AvgIpc) is 3.22. The number of hydrogen-bond acceptors (Lipinski definition) is 5. The number of halogens is 2. The Morgan fingerprint density at radius 2 is 1.60 bits per heavy atom. The molecule has 0 bridgehead atoms. The summed E-state index contributed by atoms with van der Waals surface area (Å²) in [6, 6.07) is 14.8. The van der Waals surface area contributed by atoms with E-state index in [1.165, 1.54) is 0 Å². The maximum Gasteiger partial charge on any atom is 0.260 e. The number of ether oxygens (including phenoxy) is 1. The van der Waals surface area contributed by atoms with Crippen LogP contribution in [0.5, 0.6) is 5.75 Å². The fraction of sp³-hybridized carbons (Fsp3) is 0.273. The first-order chi connectivity index (χ1) is 14.6. The van der Waals surface area contributed by atoms with Crippen LogP contribution < -0.4 is 4.74 Å². The zero-order valence-electron chi connectivity index (χ0n) is 16.3. The van der Waals surface area contributed by atoms with E-state index in [1.54, 1.807) is 35.6 Å². The highest BCUT2D eigenvalue weighted by Gasteiger charge is 2.22. The number of thiazole rings is 1. The summed E-state index contributed by atoms with van der Waals surface area (Å²) in [5.41, 5.74) is 2.13. The zero-order chi connectivity index (χ0) is 20.9. The number of carbonyl (C=O) groups excluding carboxylic acids is 1. The lowest BCUT2D eigenvalue weighted by Gasteiger charge is -2.34. The lowest BCUT2D eigenvalue weighted by molar-refractivity contribution is -0.135. The Balaban J connectivity index is 1.24. The molecule has 0 N–H and O–H groups in total. The first-order valence-electron chi connectivity index (χ1n) is 9.66. The summed E-state index contributed by atoms with van der Waals surface area (Å²) in [6.45, 7) is 3.85. The summed E-state index contributed by atoms with van der Waals surface area (Å²) >= 11 is 13.5. The van der Waals surface area contributed by atoms with E-state index in [2.05, 4.69) is 10.3 Å². The Labute approximate surface area is 189 Å². The molecule has 0 atom stereocenters. The Morgan fingerprint density at radius 3 is 2.27 bits per heavy atom. The molecule has 1 fully saturated rings. The number of hydrogen-bond donors (Lipinski definition) is 0. The van der Waals surface area contributed by atoms with Crippen LogP contribution in [0.4, 0.5) is 0 Å². The van der Waals surface area contributed by atoms with E-state index in [0.29, 0.717) is 23.9 Å².